The van der Waals surface area contributed by atoms with Crippen molar-refractivity contribution in [2.24, 2.45) is 0 Å². The van der Waals surface area contributed by atoms with Crippen molar-refractivity contribution in [1.82, 2.24) is 15.3 Å². The first-order valence-electron chi connectivity index (χ1n) is 10.6. The Hall–Kier alpha value is -2.52. The fourth-order valence-corrected chi connectivity index (χ4v) is 6.96. The molecule has 1 atom stereocenters. The number of amides is 1. The summed E-state index contributed by atoms with van der Waals surface area (Å²) >= 11 is 1.49. The molecule has 2 aromatic heterocycles. The van der Waals surface area contributed by atoms with E-state index in [0.29, 0.717) is 23.3 Å². The molecule has 31 heavy (non-hydrogen) atoms. The molecule has 2 fully saturated rings. The third-order valence-electron chi connectivity index (χ3n) is 5.86. The normalized spacial score (nSPS) is 20.8. The van der Waals surface area contributed by atoms with Gasteiger partial charge in [0.15, 0.2) is 20.6 Å². The van der Waals surface area contributed by atoms with Crippen LogP contribution in [0.3, 0.4) is 0 Å². The highest BCUT2D eigenvalue weighted by molar-refractivity contribution is 7.91. The van der Waals surface area contributed by atoms with Gasteiger partial charge < -0.3 is 10.2 Å². The van der Waals surface area contributed by atoms with E-state index in [4.69, 9.17) is 9.97 Å². The summed E-state index contributed by atoms with van der Waals surface area (Å²) in [6, 6.07) is 11.2. The van der Waals surface area contributed by atoms with Crippen LogP contribution in [-0.4, -0.2) is 54.9 Å². The molecular weight excluding hydrogens is 432 g/mol. The van der Waals surface area contributed by atoms with Gasteiger partial charge in [0.2, 0.25) is 0 Å². The van der Waals surface area contributed by atoms with E-state index < -0.39 is 9.84 Å². The Labute approximate surface area is 185 Å². The number of nitrogens with zero attached hydrogens (tertiary/aromatic N) is 3. The minimum absolute atomic E-state index is 0.000225. The van der Waals surface area contributed by atoms with Crippen LogP contribution in [-0.2, 0) is 9.84 Å². The monoisotopic (exact) mass is 456 g/mol. The number of hydrogen-bond acceptors (Lipinski definition) is 7. The van der Waals surface area contributed by atoms with Gasteiger partial charge in [-0.1, -0.05) is 41.7 Å². The largest absolute Gasteiger partial charge is 0.348 e. The molecule has 1 amide bonds. The summed E-state index contributed by atoms with van der Waals surface area (Å²) < 4.78 is 24.4. The average molecular weight is 457 g/mol. The lowest BCUT2D eigenvalue weighted by atomic mass is 10.1. The summed E-state index contributed by atoms with van der Waals surface area (Å²) in [5.74, 6) is -0.140. The van der Waals surface area contributed by atoms with Crippen LogP contribution in [0.4, 0.5) is 5.13 Å². The van der Waals surface area contributed by atoms with E-state index in [1.165, 1.54) is 17.8 Å². The van der Waals surface area contributed by atoms with Crippen molar-refractivity contribution in [1.29, 1.82) is 0 Å². The molecule has 2 aliphatic rings. The van der Waals surface area contributed by atoms with Crippen LogP contribution in [0.2, 0.25) is 0 Å². The molecule has 162 valence electrons. The van der Waals surface area contributed by atoms with Crippen molar-refractivity contribution in [3.05, 3.63) is 42.0 Å². The van der Waals surface area contributed by atoms with Gasteiger partial charge in [-0.2, -0.15) is 4.98 Å². The molecular formula is C22H24N4O3S2. The molecule has 0 saturated carbocycles. The number of nitrogens with one attached hydrogen (secondary N) is 1. The lowest BCUT2D eigenvalue weighted by molar-refractivity contribution is 0.0943. The van der Waals surface area contributed by atoms with Gasteiger partial charge in [-0.05, 0) is 31.7 Å². The summed E-state index contributed by atoms with van der Waals surface area (Å²) in [5, 5.41) is 3.82. The Bertz CT molecular complexity index is 1220. The zero-order valence-corrected chi connectivity index (χ0v) is 18.7. The van der Waals surface area contributed by atoms with E-state index in [9.17, 15) is 13.2 Å². The predicted molar refractivity (Wildman–Crippen MR) is 123 cm³/mol. The number of pyridine rings is 1. The number of rotatable bonds is 4. The van der Waals surface area contributed by atoms with Crippen LogP contribution < -0.4 is 10.2 Å². The smallest absolute Gasteiger partial charge is 0.253 e. The second-order valence-electron chi connectivity index (χ2n) is 8.19. The molecule has 3 aromatic rings. The van der Waals surface area contributed by atoms with Gasteiger partial charge in [-0.3, -0.25) is 4.79 Å². The number of aromatic nitrogens is 2. The van der Waals surface area contributed by atoms with Crippen molar-refractivity contribution >= 4 is 42.6 Å². The van der Waals surface area contributed by atoms with Crippen molar-refractivity contribution in [3.8, 4) is 11.3 Å². The van der Waals surface area contributed by atoms with Crippen molar-refractivity contribution in [2.75, 3.05) is 29.5 Å². The minimum Gasteiger partial charge on any atom is -0.348 e. The molecule has 2 saturated heterocycles. The molecule has 2 aliphatic heterocycles. The highest BCUT2D eigenvalue weighted by Gasteiger charge is 2.30. The summed E-state index contributed by atoms with van der Waals surface area (Å²) in [6.45, 7) is 1.93. The molecule has 5 rings (SSSR count). The van der Waals surface area contributed by atoms with Gasteiger partial charge in [0.05, 0.1) is 27.5 Å². The summed E-state index contributed by atoms with van der Waals surface area (Å²) in [7, 11) is -3.07. The number of thiazole rings is 1. The SMILES string of the molecule is O=C(N[C@H]1CCS(=O)(=O)C1)c1cc(-c2ccccc2)nc2nc(N3CCCCC3)sc12. The molecule has 1 aromatic carbocycles. The van der Waals surface area contributed by atoms with Crippen molar-refractivity contribution in [2.45, 2.75) is 31.7 Å². The second kappa shape index (κ2) is 8.20. The molecule has 9 heteroatoms. The number of piperidine rings is 1. The Morgan fingerprint density at radius 2 is 1.87 bits per heavy atom. The lowest BCUT2D eigenvalue weighted by Crippen LogP contribution is -2.35. The predicted octanol–water partition coefficient (Wildman–Crippen LogP) is 3.27. The number of carbonyl (C=O) groups excluding carboxylic acids is 1. The summed E-state index contributed by atoms with van der Waals surface area (Å²) in [6.07, 6.45) is 3.97. The van der Waals surface area contributed by atoms with Gasteiger partial charge in [-0.25, -0.2) is 13.4 Å². The first-order chi connectivity index (χ1) is 15.0. The van der Waals surface area contributed by atoms with Crippen LogP contribution in [0.15, 0.2) is 36.4 Å². The lowest BCUT2D eigenvalue weighted by Gasteiger charge is -2.25. The third kappa shape index (κ3) is 4.29. The van der Waals surface area contributed by atoms with Crippen LogP contribution in [0, 0.1) is 0 Å². The molecule has 0 aliphatic carbocycles. The first-order valence-corrected chi connectivity index (χ1v) is 13.3. The summed E-state index contributed by atoms with van der Waals surface area (Å²) in [4.78, 5) is 25.0. The third-order valence-corrected chi connectivity index (χ3v) is 8.77. The standard InChI is InChI=1S/C22H24N4O3S2/c27-21(23-16-9-12-31(28,29)14-16)17-13-18(15-7-3-1-4-8-15)24-20-19(17)30-22(25-20)26-10-5-2-6-11-26/h1,3-4,7-8,13,16H,2,5-6,9-12,14H2,(H,23,27)/t16-/m0/s1. The maximum atomic E-state index is 13.2. The Morgan fingerprint density at radius 3 is 2.58 bits per heavy atom. The molecule has 7 nitrogen and oxygen atoms in total. The molecule has 0 bridgehead atoms. The van der Waals surface area contributed by atoms with E-state index in [-0.39, 0.29) is 23.5 Å². The highest BCUT2D eigenvalue weighted by atomic mass is 32.2. The number of benzene rings is 1. The maximum absolute atomic E-state index is 13.2. The number of sulfone groups is 1. The zero-order valence-electron chi connectivity index (χ0n) is 17.1. The van der Waals surface area contributed by atoms with Gasteiger partial charge in [0.1, 0.15) is 0 Å². The van der Waals surface area contributed by atoms with Crippen LogP contribution in [0.1, 0.15) is 36.0 Å². The Balaban J connectivity index is 1.55. The zero-order chi connectivity index (χ0) is 21.4. The number of fused-ring (bicyclic) bond motifs is 1. The molecule has 4 heterocycles. The van der Waals surface area contributed by atoms with E-state index in [1.807, 2.05) is 30.3 Å². The quantitative estimate of drug-likeness (QED) is 0.648. The van der Waals surface area contributed by atoms with Crippen LogP contribution in [0.5, 0.6) is 0 Å². The highest BCUT2D eigenvalue weighted by Crippen LogP contribution is 2.34. The molecule has 0 unspecified atom stereocenters. The van der Waals surface area contributed by atoms with Crippen molar-refractivity contribution < 1.29 is 13.2 Å². The van der Waals surface area contributed by atoms with Gasteiger partial charge >= 0.3 is 0 Å². The van der Waals surface area contributed by atoms with Crippen LogP contribution >= 0.6 is 11.3 Å². The van der Waals surface area contributed by atoms with E-state index >= 15 is 0 Å². The topological polar surface area (TPSA) is 92.3 Å². The molecule has 1 N–H and O–H groups in total. The number of carbonyl (C=O) groups is 1. The van der Waals surface area contributed by atoms with Gasteiger partial charge in [-0.15, -0.1) is 0 Å². The van der Waals surface area contributed by atoms with Crippen molar-refractivity contribution in [3.63, 3.8) is 0 Å². The number of anilines is 1. The maximum Gasteiger partial charge on any atom is 0.253 e. The van der Waals surface area contributed by atoms with E-state index in [1.54, 1.807) is 6.07 Å². The molecule has 0 spiro atoms. The average Bonchev–Trinajstić information content (AvgIpc) is 3.36. The van der Waals surface area contributed by atoms with Crippen LogP contribution in [0.25, 0.3) is 21.6 Å². The number of hydrogen-bond donors (Lipinski definition) is 1. The van der Waals surface area contributed by atoms with Gasteiger partial charge in [0, 0.05) is 24.7 Å². The molecule has 0 radical (unpaired) electrons. The van der Waals surface area contributed by atoms with Gasteiger partial charge in [0.25, 0.3) is 5.91 Å². The summed E-state index contributed by atoms with van der Waals surface area (Å²) in [5.41, 5.74) is 2.67. The fourth-order valence-electron chi connectivity index (χ4n) is 4.22. The van der Waals surface area contributed by atoms with E-state index in [2.05, 4.69) is 10.2 Å². The Kier molecular flexibility index (Phi) is 5.39. The second-order valence-corrected chi connectivity index (χ2v) is 11.4. The Morgan fingerprint density at radius 1 is 1.10 bits per heavy atom. The fraction of sp³-hybridized carbons (Fsp3) is 0.409. The first kappa shape index (κ1) is 20.4. The minimum atomic E-state index is -3.07. The van der Waals surface area contributed by atoms with E-state index in [0.717, 1.165) is 41.3 Å².